The lowest BCUT2D eigenvalue weighted by molar-refractivity contribution is -0.0395. The fourth-order valence-electron chi connectivity index (χ4n) is 3.30. The van der Waals surface area contributed by atoms with Crippen LogP contribution in [0, 0.1) is 5.92 Å². The number of aliphatic hydroxyl groups excluding tert-OH is 3. The number of rotatable bonds is 5. The van der Waals surface area contributed by atoms with Gasteiger partial charge in [0.1, 0.15) is 18.3 Å². The molecule has 0 amide bonds. The van der Waals surface area contributed by atoms with E-state index in [1.165, 1.54) is 0 Å². The summed E-state index contributed by atoms with van der Waals surface area (Å²) >= 11 is 12.6. The number of benzene rings is 1. The zero-order valence-electron chi connectivity index (χ0n) is 13.4. The summed E-state index contributed by atoms with van der Waals surface area (Å²) in [7, 11) is 0. The van der Waals surface area contributed by atoms with E-state index in [2.05, 4.69) is 5.32 Å². The highest BCUT2D eigenvalue weighted by Gasteiger charge is 2.49. The zero-order valence-corrected chi connectivity index (χ0v) is 14.9. The standard InChI is InChI=1S/C18H21Cl2NO4/c19-11-6-7-12(21-8-10-4-2-1-3-5-10)14(15(11)20)18-17(24)16(23)13(9-22)25-18/h1-7,12-14,16-18,21-24H,8-9H2/t12?,13-,14?,16-,17-,18+/m0/s1. The van der Waals surface area contributed by atoms with Crippen molar-refractivity contribution < 1.29 is 20.1 Å². The maximum Gasteiger partial charge on any atom is 0.111 e. The summed E-state index contributed by atoms with van der Waals surface area (Å²) in [6.45, 7) is 0.220. The molecule has 1 aliphatic carbocycles. The Balaban J connectivity index is 1.79. The van der Waals surface area contributed by atoms with Crippen LogP contribution in [0.1, 0.15) is 5.56 Å². The molecule has 0 aromatic heterocycles. The molecule has 1 aromatic carbocycles. The summed E-state index contributed by atoms with van der Waals surface area (Å²) in [6.07, 6.45) is -0.358. The van der Waals surface area contributed by atoms with Crippen molar-refractivity contribution in [1.29, 1.82) is 0 Å². The minimum absolute atomic E-state index is 0.237. The van der Waals surface area contributed by atoms with Crippen molar-refractivity contribution in [2.24, 2.45) is 5.92 Å². The molecule has 0 spiro atoms. The Bertz CT molecular complexity index is 652. The molecule has 6 atom stereocenters. The Morgan fingerprint density at radius 1 is 1.08 bits per heavy atom. The number of aliphatic hydroxyl groups is 3. The molecule has 1 heterocycles. The molecule has 0 saturated carbocycles. The zero-order chi connectivity index (χ0) is 18.0. The second-order valence-corrected chi connectivity index (χ2v) is 7.09. The maximum atomic E-state index is 10.4. The van der Waals surface area contributed by atoms with E-state index in [0.717, 1.165) is 5.56 Å². The van der Waals surface area contributed by atoms with E-state index >= 15 is 0 Å². The third-order valence-electron chi connectivity index (χ3n) is 4.68. The molecule has 0 bridgehead atoms. The van der Waals surface area contributed by atoms with Crippen LogP contribution < -0.4 is 5.32 Å². The van der Waals surface area contributed by atoms with Gasteiger partial charge in [-0.05, 0) is 11.6 Å². The average molecular weight is 386 g/mol. The lowest BCUT2D eigenvalue weighted by atomic mass is 9.86. The second-order valence-electron chi connectivity index (χ2n) is 6.28. The monoisotopic (exact) mass is 385 g/mol. The van der Waals surface area contributed by atoms with Crippen molar-refractivity contribution in [2.45, 2.75) is 37.0 Å². The van der Waals surface area contributed by atoms with Crippen LogP contribution in [0.15, 0.2) is 52.5 Å². The minimum atomic E-state index is -1.17. The van der Waals surface area contributed by atoms with Gasteiger partial charge in [0, 0.05) is 23.5 Å². The first-order valence-electron chi connectivity index (χ1n) is 8.16. The van der Waals surface area contributed by atoms with Gasteiger partial charge < -0.3 is 25.4 Å². The van der Waals surface area contributed by atoms with Crippen LogP contribution in [0.5, 0.6) is 0 Å². The van der Waals surface area contributed by atoms with E-state index in [-0.39, 0.29) is 12.6 Å². The molecule has 0 radical (unpaired) electrons. The molecule has 2 aliphatic rings. The Hall–Kier alpha value is -0.920. The molecule has 5 nitrogen and oxygen atoms in total. The second kappa shape index (κ2) is 8.18. The molecule has 1 saturated heterocycles. The number of allylic oxidation sites excluding steroid dienone is 2. The fraction of sp³-hybridized carbons (Fsp3) is 0.444. The van der Waals surface area contributed by atoms with Crippen molar-refractivity contribution in [1.82, 2.24) is 5.32 Å². The van der Waals surface area contributed by atoms with Gasteiger partial charge in [0.15, 0.2) is 0 Å². The first-order chi connectivity index (χ1) is 12.0. The third kappa shape index (κ3) is 3.93. The third-order valence-corrected chi connectivity index (χ3v) is 5.56. The van der Waals surface area contributed by atoms with E-state index in [0.29, 0.717) is 16.6 Å². The fourth-order valence-corrected chi connectivity index (χ4v) is 3.83. The first-order valence-corrected chi connectivity index (χ1v) is 8.91. The molecule has 136 valence electrons. The number of hydrogen-bond donors (Lipinski definition) is 4. The van der Waals surface area contributed by atoms with Gasteiger partial charge in [0.25, 0.3) is 0 Å². The van der Waals surface area contributed by atoms with Gasteiger partial charge in [0.05, 0.1) is 17.7 Å². The van der Waals surface area contributed by atoms with E-state index in [9.17, 15) is 15.3 Å². The van der Waals surface area contributed by atoms with Crippen molar-refractivity contribution in [3.63, 3.8) is 0 Å². The van der Waals surface area contributed by atoms with Crippen LogP contribution in [0.3, 0.4) is 0 Å². The van der Waals surface area contributed by atoms with E-state index in [1.54, 1.807) is 6.08 Å². The molecular weight excluding hydrogens is 365 g/mol. The summed E-state index contributed by atoms with van der Waals surface area (Å²) in [6, 6.07) is 9.64. The highest BCUT2D eigenvalue weighted by atomic mass is 35.5. The van der Waals surface area contributed by atoms with Gasteiger partial charge in [-0.2, -0.15) is 0 Å². The molecule has 1 aromatic rings. The summed E-state index contributed by atoms with van der Waals surface area (Å²) in [4.78, 5) is 0. The largest absolute Gasteiger partial charge is 0.394 e. The minimum Gasteiger partial charge on any atom is -0.394 e. The molecule has 1 aliphatic heterocycles. The number of halogens is 2. The van der Waals surface area contributed by atoms with Crippen LogP contribution in [0.25, 0.3) is 0 Å². The lowest BCUT2D eigenvalue weighted by Crippen LogP contribution is -2.46. The number of ether oxygens (including phenoxy) is 1. The first kappa shape index (κ1) is 18.9. The Morgan fingerprint density at radius 2 is 1.80 bits per heavy atom. The molecule has 3 rings (SSSR count). The van der Waals surface area contributed by atoms with Crippen molar-refractivity contribution >= 4 is 23.2 Å². The topological polar surface area (TPSA) is 82.0 Å². The van der Waals surface area contributed by atoms with Crippen LogP contribution in [-0.2, 0) is 11.3 Å². The van der Waals surface area contributed by atoms with Gasteiger partial charge in [-0.25, -0.2) is 0 Å². The normalized spacial score (nSPS) is 35.4. The van der Waals surface area contributed by atoms with Gasteiger partial charge >= 0.3 is 0 Å². The van der Waals surface area contributed by atoms with Crippen LogP contribution in [0.2, 0.25) is 0 Å². The maximum absolute atomic E-state index is 10.4. The molecule has 1 fully saturated rings. The Labute approximate surface area is 156 Å². The van der Waals surface area contributed by atoms with Gasteiger partial charge in [-0.1, -0.05) is 59.6 Å². The molecule has 2 unspecified atom stereocenters. The van der Waals surface area contributed by atoms with Crippen molar-refractivity contribution in [2.75, 3.05) is 6.61 Å². The summed E-state index contributed by atoms with van der Waals surface area (Å²) in [5.41, 5.74) is 1.10. The van der Waals surface area contributed by atoms with Gasteiger partial charge in [0.2, 0.25) is 0 Å². The van der Waals surface area contributed by atoms with Crippen molar-refractivity contribution in [3.05, 3.63) is 58.1 Å². The molecule has 4 N–H and O–H groups in total. The van der Waals surface area contributed by atoms with Gasteiger partial charge in [-0.15, -0.1) is 0 Å². The highest BCUT2D eigenvalue weighted by molar-refractivity contribution is 6.40. The molecule has 25 heavy (non-hydrogen) atoms. The van der Waals surface area contributed by atoms with E-state index in [4.69, 9.17) is 27.9 Å². The quantitative estimate of drug-likeness (QED) is 0.617. The highest BCUT2D eigenvalue weighted by Crippen LogP contribution is 2.39. The van der Waals surface area contributed by atoms with Crippen LogP contribution in [-0.4, -0.2) is 52.4 Å². The molecular formula is C18H21Cl2NO4. The predicted molar refractivity (Wildman–Crippen MR) is 96.2 cm³/mol. The van der Waals surface area contributed by atoms with E-state index in [1.807, 2.05) is 36.4 Å². The summed E-state index contributed by atoms with van der Waals surface area (Å²) in [5.74, 6) is -0.468. The number of hydrogen-bond acceptors (Lipinski definition) is 5. The lowest BCUT2D eigenvalue weighted by Gasteiger charge is -2.34. The SMILES string of the molecule is OC[C@@H]1O[C@H](C2C(Cl)=C(Cl)C=CC2NCc2ccccc2)[C@@H](O)[C@H]1O. The molecule has 7 heteroatoms. The van der Waals surface area contributed by atoms with Gasteiger partial charge in [-0.3, -0.25) is 0 Å². The predicted octanol–water partition coefficient (Wildman–Crippen LogP) is 1.50. The summed E-state index contributed by atoms with van der Waals surface area (Å²) in [5, 5.41) is 33.8. The number of nitrogens with one attached hydrogen (secondary N) is 1. The smallest absolute Gasteiger partial charge is 0.111 e. The van der Waals surface area contributed by atoms with Crippen LogP contribution >= 0.6 is 23.2 Å². The summed E-state index contributed by atoms with van der Waals surface area (Å²) < 4.78 is 5.67. The van der Waals surface area contributed by atoms with E-state index < -0.39 is 30.3 Å². The Morgan fingerprint density at radius 3 is 2.44 bits per heavy atom. The van der Waals surface area contributed by atoms with Crippen molar-refractivity contribution in [3.8, 4) is 0 Å². The average Bonchev–Trinajstić information content (AvgIpc) is 2.91. The Kier molecular flexibility index (Phi) is 6.17. The van der Waals surface area contributed by atoms with Crippen LogP contribution in [0.4, 0.5) is 0 Å².